The average Bonchev–Trinajstić information content (AvgIpc) is 2.58. The number of β-amino-alcohol motifs (C(OH)–C–C–N with tert-alkyl or cyclic N) is 2. The monoisotopic (exact) mass is 348 g/mol. The Morgan fingerprint density at radius 3 is 1.38 bits per heavy atom. The van der Waals surface area contributed by atoms with Crippen LogP contribution in [-0.4, -0.2) is 125 Å². The zero-order valence-electron chi connectivity index (χ0n) is 15.2. The number of rotatable bonds is 8. The lowest BCUT2D eigenvalue weighted by Gasteiger charge is -2.28. The molecular weight excluding hydrogens is 312 g/mol. The van der Waals surface area contributed by atoms with Crippen LogP contribution in [0.5, 0.6) is 0 Å². The van der Waals surface area contributed by atoms with E-state index in [2.05, 4.69) is 20.4 Å². The second-order valence-corrected chi connectivity index (χ2v) is 6.25. The fourth-order valence-electron chi connectivity index (χ4n) is 2.76. The highest BCUT2D eigenvalue weighted by Gasteiger charge is 2.14. The standard InChI is InChI=1S/2C8H18N2O2/c2*1-9-6-8(11)7-10-2-4-12-5-3-10/h2*8-9,11H,2-7H2,1H3/t2*8-/m11/s1. The Bertz CT molecular complexity index is 259. The molecule has 0 aliphatic carbocycles. The van der Waals surface area contributed by atoms with Crippen LogP contribution < -0.4 is 10.6 Å². The van der Waals surface area contributed by atoms with Gasteiger partial charge in [0.1, 0.15) is 0 Å². The van der Waals surface area contributed by atoms with Gasteiger partial charge in [0.2, 0.25) is 0 Å². The van der Waals surface area contributed by atoms with Gasteiger partial charge in [-0.15, -0.1) is 0 Å². The first-order valence-electron chi connectivity index (χ1n) is 8.91. The quantitative estimate of drug-likeness (QED) is 0.393. The number of nitrogens with zero attached hydrogens (tertiary/aromatic N) is 2. The average molecular weight is 348 g/mol. The lowest BCUT2D eigenvalue weighted by atomic mass is 10.3. The van der Waals surface area contributed by atoms with E-state index in [9.17, 15) is 10.2 Å². The zero-order valence-corrected chi connectivity index (χ0v) is 15.2. The summed E-state index contributed by atoms with van der Waals surface area (Å²) in [5.41, 5.74) is 0. The Morgan fingerprint density at radius 2 is 1.08 bits per heavy atom. The third-order valence-electron chi connectivity index (χ3n) is 4.02. The van der Waals surface area contributed by atoms with Crippen LogP contribution in [0.25, 0.3) is 0 Å². The highest BCUT2D eigenvalue weighted by molar-refractivity contribution is 4.69. The summed E-state index contributed by atoms with van der Waals surface area (Å²) in [7, 11) is 3.70. The van der Waals surface area contributed by atoms with E-state index in [0.717, 1.165) is 65.7 Å². The second-order valence-electron chi connectivity index (χ2n) is 6.25. The van der Waals surface area contributed by atoms with E-state index in [1.165, 1.54) is 0 Å². The maximum Gasteiger partial charge on any atom is 0.0791 e. The summed E-state index contributed by atoms with van der Waals surface area (Å²) < 4.78 is 10.4. The predicted molar refractivity (Wildman–Crippen MR) is 94.4 cm³/mol. The van der Waals surface area contributed by atoms with Crippen LogP contribution in [0.3, 0.4) is 0 Å². The van der Waals surface area contributed by atoms with Gasteiger partial charge in [0.15, 0.2) is 0 Å². The highest BCUT2D eigenvalue weighted by Crippen LogP contribution is 1.98. The lowest BCUT2D eigenvalue weighted by molar-refractivity contribution is 0.0151. The number of aliphatic hydroxyl groups excluding tert-OH is 2. The molecule has 8 heteroatoms. The molecule has 2 heterocycles. The van der Waals surface area contributed by atoms with Crippen molar-refractivity contribution < 1.29 is 19.7 Å². The molecule has 2 atom stereocenters. The minimum Gasteiger partial charge on any atom is -0.390 e. The molecule has 4 N–H and O–H groups in total. The van der Waals surface area contributed by atoms with Gasteiger partial charge in [-0.05, 0) is 14.1 Å². The van der Waals surface area contributed by atoms with E-state index in [-0.39, 0.29) is 12.2 Å². The van der Waals surface area contributed by atoms with Gasteiger partial charge in [-0.1, -0.05) is 0 Å². The first-order chi connectivity index (χ1) is 11.7. The molecule has 0 aromatic heterocycles. The van der Waals surface area contributed by atoms with Crippen LogP contribution in [0.1, 0.15) is 0 Å². The van der Waals surface area contributed by atoms with Gasteiger partial charge in [-0.3, -0.25) is 9.80 Å². The van der Waals surface area contributed by atoms with Crippen LogP contribution in [0, 0.1) is 0 Å². The van der Waals surface area contributed by atoms with Gasteiger partial charge < -0.3 is 30.3 Å². The largest absolute Gasteiger partial charge is 0.390 e. The van der Waals surface area contributed by atoms with E-state index in [1.54, 1.807) is 0 Å². The molecule has 2 rings (SSSR count). The van der Waals surface area contributed by atoms with Crippen molar-refractivity contribution in [3.63, 3.8) is 0 Å². The molecule has 2 aliphatic heterocycles. The molecule has 0 bridgehead atoms. The van der Waals surface area contributed by atoms with Crippen LogP contribution >= 0.6 is 0 Å². The van der Waals surface area contributed by atoms with Crippen molar-refractivity contribution in [3.8, 4) is 0 Å². The third-order valence-corrected chi connectivity index (χ3v) is 4.02. The molecule has 0 spiro atoms. The molecule has 0 radical (unpaired) electrons. The summed E-state index contributed by atoms with van der Waals surface area (Å²) in [5.74, 6) is 0. The van der Waals surface area contributed by atoms with Gasteiger partial charge in [0.05, 0.1) is 38.6 Å². The van der Waals surface area contributed by atoms with Gasteiger partial charge in [0.25, 0.3) is 0 Å². The van der Waals surface area contributed by atoms with Gasteiger partial charge in [-0.2, -0.15) is 0 Å². The van der Waals surface area contributed by atoms with E-state index < -0.39 is 0 Å². The van der Waals surface area contributed by atoms with E-state index >= 15 is 0 Å². The van der Waals surface area contributed by atoms with Crippen molar-refractivity contribution in [2.24, 2.45) is 0 Å². The third kappa shape index (κ3) is 10.5. The Hall–Kier alpha value is -0.320. The fourth-order valence-corrected chi connectivity index (χ4v) is 2.76. The maximum atomic E-state index is 9.46. The minimum absolute atomic E-state index is 0.256. The molecular formula is C16H36N4O4. The highest BCUT2D eigenvalue weighted by atomic mass is 16.5. The number of aliphatic hydroxyl groups is 2. The molecule has 24 heavy (non-hydrogen) atoms. The Morgan fingerprint density at radius 1 is 0.750 bits per heavy atom. The fraction of sp³-hybridized carbons (Fsp3) is 1.00. The molecule has 144 valence electrons. The van der Waals surface area contributed by atoms with Gasteiger partial charge >= 0.3 is 0 Å². The number of morpholine rings is 2. The van der Waals surface area contributed by atoms with E-state index in [4.69, 9.17) is 9.47 Å². The molecule has 0 saturated carbocycles. The normalized spacial score (nSPS) is 22.5. The van der Waals surface area contributed by atoms with Gasteiger partial charge in [-0.25, -0.2) is 0 Å². The minimum atomic E-state index is -0.256. The molecule has 2 saturated heterocycles. The van der Waals surface area contributed by atoms with Crippen LogP contribution in [0.2, 0.25) is 0 Å². The van der Waals surface area contributed by atoms with Crippen molar-refractivity contribution in [1.29, 1.82) is 0 Å². The molecule has 8 nitrogen and oxygen atoms in total. The van der Waals surface area contributed by atoms with Crippen LogP contribution in [-0.2, 0) is 9.47 Å². The summed E-state index contributed by atoms with van der Waals surface area (Å²) in [4.78, 5) is 4.46. The Labute approximate surface area is 146 Å². The zero-order chi connectivity index (χ0) is 17.6. The van der Waals surface area contributed by atoms with E-state index in [0.29, 0.717) is 13.1 Å². The number of hydrogen-bond acceptors (Lipinski definition) is 8. The summed E-state index contributed by atoms with van der Waals surface area (Å²) in [6.07, 6.45) is -0.513. The van der Waals surface area contributed by atoms with Crippen molar-refractivity contribution in [3.05, 3.63) is 0 Å². The lowest BCUT2D eigenvalue weighted by Crippen LogP contribution is -2.43. The van der Waals surface area contributed by atoms with E-state index in [1.807, 2.05) is 14.1 Å². The van der Waals surface area contributed by atoms with Crippen LogP contribution in [0.4, 0.5) is 0 Å². The predicted octanol–water partition coefficient (Wildman–Crippen LogP) is -2.20. The van der Waals surface area contributed by atoms with Crippen molar-refractivity contribution in [2.75, 3.05) is 92.9 Å². The molecule has 2 aliphatic rings. The summed E-state index contributed by atoms with van der Waals surface area (Å²) >= 11 is 0. The summed E-state index contributed by atoms with van der Waals surface area (Å²) in [6.45, 7) is 9.81. The summed E-state index contributed by atoms with van der Waals surface area (Å²) in [6, 6.07) is 0. The molecule has 0 unspecified atom stereocenters. The number of ether oxygens (including phenoxy) is 2. The number of nitrogens with one attached hydrogen (secondary N) is 2. The van der Waals surface area contributed by atoms with Crippen molar-refractivity contribution in [2.45, 2.75) is 12.2 Å². The second kappa shape index (κ2) is 13.9. The SMILES string of the molecule is CNC[C@@H](O)CN1CCOCC1.CNC[C@@H](O)CN1CCOCC1. The molecule has 2 fully saturated rings. The smallest absolute Gasteiger partial charge is 0.0791 e. The van der Waals surface area contributed by atoms with Crippen molar-refractivity contribution >= 4 is 0 Å². The topological polar surface area (TPSA) is 89.5 Å². The molecule has 0 amide bonds. The number of likely N-dealkylation sites (N-methyl/N-ethyl adjacent to an activating group) is 2. The maximum absolute atomic E-state index is 9.46. The number of hydrogen-bond donors (Lipinski definition) is 4. The van der Waals surface area contributed by atoms with Gasteiger partial charge in [0, 0.05) is 52.4 Å². The molecule has 0 aromatic rings. The van der Waals surface area contributed by atoms with Crippen LogP contribution in [0.15, 0.2) is 0 Å². The first-order valence-corrected chi connectivity index (χ1v) is 8.91. The Balaban J connectivity index is 0.000000240. The van der Waals surface area contributed by atoms with Crippen molar-refractivity contribution in [1.82, 2.24) is 20.4 Å². The first kappa shape index (κ1) is 21.7. The summed E-state index contributed by atoms with van der Waals surface area (Å²) in [5, 5.41) is 24.8. The molecule has 0 aromatic carbocycles. The Kier molecular flexibility index (Phi) is 12.6.